The molecule has 2 heterocycles. The van der Waals surface area contributed by atoms with Crippen molar-refractivity contribution in [3.05, 3.63) is 29.3 Å². The predicted molar refractivity (Wildman–Crippen MR) is 98.8 cm³/mol. The Morgan fingerprint density at radius 3 is 2.83 bits per heavy atom. The topological polar surface area (TPSA) is 47.6 Å². The summed E-state index contributed by atoms with van der Waals surface area (Å²) >= 11 is 6.07. The minimum absolute atomic E-state index is 0.0336. The van der Waals surface area contributed by atoms with Crippen molar-refractivity contribution in [1.29, 1.82) is 0 Å². The van der Waals surface area contributed by atoms with Crippen molar-refractivity contribution in [1.82, 2.24) is 15.5 Å². The van der Waals surface area contributed by atoms with Crippen LogP contribution in [-0.2, 0) is 4.79 Å². The first-order valence-corrected chi connectivity index (χ1v) is 9.34. The average molecular weight is 351 g/mol. The van der Waals surface area contributed by atoms with Gasteiger partial charge < -0.3 is 15.5 Å². The lowest BCUT2D eigenvalue weighted by atomic mass is 10.2. The van der Waals surface area contributed by atoms with Crippen molar-refractivity contribution >= 4 is 23.2 Å². The molecule has 1 atom stereocenters. The fourth-order valence-electron chi connectivity index (χ4n) is 3.45. The van der Waals surface area contributed by atoms with Gasteiger partial charge in [-0.3, -0.25) is 9.69 Å². The minimum Gasteiger partial charge on any atom is -0.369 e. The van der Waals surface area contributed by atoms with Crippen molar-refractivity contribution in [2.45, 2.75) is 25.3 Å². The third-order valence-electron chi connectivity index (χ3n) is 4.87. The molecular formula is C18H27ClN4O. The van der Waals surface area contributed by atoms with Gasteiger partial charge in [0.05, 0.1) is 6.04 Å². The first kappa shape index (κ1) is 17.5. The second-order valence-corrected chi connectivity index (χ2v) is 7.04. The van der Waals surface area contributed by atoms with E-state index in [-0.39, 0.29) is 11.9 Å². The van der Waals surface area contributed by atoms with Gasteiger partial charge in [0.2, 0.25) is 5.91 Å². The highest BCUT2D eigenvalue weighted by Gasteiger charge is 2.21. The van der Waals surface area contributed by atoms with E-state index in [1.807, 2.05) is 18.2 Å². The molecule has 2 N–H and O–H groups in total. The number of hydrogen-bond acceptors (Lipinski definition) is 4. The maximum atomic E-state index is 11.9. The summed E-state index contributed by atoms with van der Waals surface area (Å²) in [5.41, 5.74) is 1.21. The summed E-state index contributed by atoms with van der Waals surface area (Å²) in [6.07, 6.45) is 3.09. The number of rotatable bonds is 6. The maximum Gasteiger partial charge on any atom is 0.237 e. The number of hydrogen-bond donors (Lipinski definition) is 2. The summed E-state index contributed by atoms with van der Waals surface area (Å²) in [5, 5.41) is 7.08. The van der Waals surface area contributed by atoms with E-state index < -0.39 is 0 Å². The molecule has 132 valence electrons. The Balaban J connectivity index is 1.32. The Hall–Kier alpha value is -1.30. The van der Waals surface area contributed by atoms with E-state index in [1.165, 1.54) is 5.69 Å². The molecule has 0 aromatic heterocycles. The van der Waals surface area contributed by atoms with Gasteiger partial charge in [0, 0.05) is 43.4 Å². The van der Waals surface area contributed by atoms with Crippen molar-refractivity contribution in [2.75, 3.05) is 50.7 Å². The van der Waals surface area contributed by atoms with Gasteiger partial charge in [0.15, 0.2) is 0 Å². The third kappa shape index (κ3) is 4.85. The molecule has 0 saturated carbocycles. The predicted octanol–water partition coefficient (Wildman–Crippen LogP) is 1.72. The van der Waals surface area contributed by atoms with E-state index in [1.54, 1.807) is 0 Å². The first-order chi connectivity index (χ1) is 11.7. The molecule has 2 aliphatic heterocycles. The third-order valence-corrected chi connectivity index (χ3v) is 5.11. The number of anilines is 1. The number of halogens is 1. The highest BCUT2D eigenvalue weighted by atomic mass is 35.5. The summed E-state index contributed by atoms with van der Waals surface area (Å²) in [7, 11) is 0. The smallest absolute Gasteiger partial charge is 0.237 e. The van der Waals surface area contributed by atoms with Crippen LogP contribution >= 0.6 is 11.6 Å². The Morgan fingerprint density at radius 2 is 2.12 bits per heavy atom. The number of nitrogens with zero attached hydrogens (tertiary/aromatic N) is 2. The average Bonchev–Trinajstić information content (AvgIpc) is 3.14. The summed E-state index contributed by atoms with van der Waals surface area (Å²) in [4.78, 5) is 16.8. The van der Waals surface area contributed by atoms with Gasteiger partial charge in [-0.1, -0.05) is 17.7 Å². The van der Waals surface area contributed by atoms with Crippen molar-refractivity contribution < 1.29 is 4.79 Å². The van der Waals surface area contributed by atoms with Gasteiger partial charge in [-0.25, -0.2) is 0 Å². The van der Waals surface area contributed by atoms with E-state index in [4.69, 9.17) is 11.6 Å². The molecule has 0 unspecified atom stereocenters. The highest BCUT2D eigenvalue weighted by Crippen LogP contribution is 2.20. The van der Waals surface area contributed by atoms with E-state index >= 15 is 0 Å². The van der Waals surface area contributed by atoms with E-state index in [2.05, 4.69) is 26.5 Å². The molecule has 6 heteroatoms. The molecule has 0 radical (unpaired) electrons. The number of benzene rings is 1. The maximum absolute atomic E-state index is 11.9. The summed E-state index contributed by atoms with van der Waals surface area (Å²) < 4.78 is 0. The zero-order valence-electron chi connectivity index (χ0n) is 14.1. The number of carbonyl (C=O) groups excluding carboxylic acids is 1. The van der Waals surface area contributed by atoms with Crippen LogP contribution in [0, 0.1) is 0 Å². The van der Waals surface area contributed by atoms with E-state index in [0.29, 0.717) is 0 Å². The standard InChI is InChI=1S/C18H27ClN4O/c19-15-4-1-5-16(14-15)23-12-10-22(11-13-23)9-3-8-21-18(24)17-6-2-7-20-17/h1,4-5,14,17,20H,2-3,6-13H2,(H,21,24)/t17-/m0/s1. The Bertz CT molecular complexity index is 540. The Kier molecular flexibility index (Phi) is 6.35. The summed E-state index contributed by atoms with van der Waals surface area (Å²) in [6, 6.07) is 8.10. The van der Waals surface area contributed by atoms with Crippen molar-refractivity contribution in [3.8, 4) is 0 Å². The molecule has 2 saturated heterocycles. The molecule has 1 aromatic carbocycles. The second kappa shape index (κ2) is 8.70. The van der Waals surface area contributed by atoms with Crippen LogP contribution in [0.5, 0.6) is 0 Å². The largest absolute Gasteiger partial charge is 0.369 e. The Labute approximate surface area is 149 Å². The van der Waals surface area contributed by atoms with Gasteiger partial charge in [-0.2, -0.15) is 0 Å². The first-order valence-electron chi connectivity index (χ1n) is 8.96. The van der Waals surface area contributed by atoms with Crippen LogP contribution in [0.15, 0.2) is 24.3 Å². The van der Waals surface area contributed by atoms with Gasteiger partial charge in [-0.05, 0) is 50.6 Å². The molecule has 0 aliphatic carbocycles. The quantitative estimate of drug-likeness (QED) is 0.767. The number of nitrogens with one attached hydrogen (secondary N) is 2. The highest BCUT2D eigenvalue weighted by molar-refractivity contribution is 6.30. The van der Waals surface area contributed by atoms with Crippen LogP contribution < -0.4 is 15.5 Å². The van der Waals surface area contributed by atoms with Gasteiger partial charge >= 0.3 is 0 Å². The zero-order valence-corrected chi connectivity index (χ0v) is 14.9. The monoisotopic (exact) mass is 350 g/mol. The van der Waals surface area contributed by atoms with Crippen LogP contribution in [0.3, 0.4) is 0 Å². The normalized spacial score (nSPS) is 21.9. The number of amides is 1. The fourth-order valence-corrected chi connectivity index (χ4v) is 3.63. The van der Waals surface area contributed by atoms with Crippen LogP contribution in [0.2, 0.25) is 5.02 Å². The van der Waals surface area contributed by atoms with Crippen molar-refractivity contribution in [2.24, 2.45) is 0 Å². The molecule has 2 aliphatic rings. The molecule has 2 fully saturated rings. The molecule has 1 amide bonds. The SMILES string of the molecule is O=C(NCCCN1CCN(c2cccc(Cl)c2)CC1)[C@@H]1CCCN1. The lowest BCUT2D eigenvalue weighted by Crippen LogP contribution is -2.47. The lowest BCUT2D eigenvalue weighted by Gasteiger charge is -2.36. The lowest BCUT2D eigenvalue weighted by molar-refractivity contribution is -0.122. The van der Waals surface area contributed by atoms with Crippen LogP contribution in [0.1, 0.15) is 19.3 Å². The number of carbonyl (C=O) groups is 1. The fraction of sp³-hybridized carbons (Fsp3) is 0.611. The molecular weight excluding hydrogens is 324 g/mol. The van der Waals surface area contributed by atoms with Gasteiger partial charge in [-0.15, -0.1) is 0 Å². The Morgan fingerprint density at radius 1 is 1.29 bits per heavy atom. The molecule has 0 spiro atoms. The molecule has 3 rings (SSSR count). The van der Waals surface area contributed by atoms with Crippen LogP contribution in [-0.4, -0.2) is 62.7 Å². The second-order valence-electron chi connectivity index (χ2n) is 6.60. The van der Waals surface area contributed by atoms with Gasteiger partial charge in [0.25, 0.3) is 0 Å². The molecule has 0 bridgehead atoms. The van der Waals surface area contributed by atoms with Crippen LogP contribution in [0.4, 0.5) is 5.69 Å². The summed E-state index contributed by atoms with van der Waals surface area (Å²) in [6.45, 7) is 6.95. The van der Waals surface area contributed by atoms with Gasteiger partial charge in [0.1, 0.15) is 0 Å². The summed E-state index contributed by atoms with van der Waals surface area (Å²) in [5.74, 6) is 0.165. The zero-order chi connectivity index (χ0) is 16.8. The molecule has 1 aromatic rings. The number of piperazine rings is 1. The van der Waals surface area contributed by atoms with E-state index in [0.717, 1.165) is 70.1 Å². The van der Waals surface area contributed by atoms with Crippen molar-refractivity contribution in [3.63, 3.8) is 0 Å². The van der Waals surface area contributed by atoms with Crippen LogP contribution in [0.25, 0.3) is 0 Å². The van der Waals surface area contributed by atoms with E-state index in [9.17, 15) is 4.79 Å². The molecule has 24 heavy (non-hydrogen) atoms. The molecule has 5 nitrogen and oxygen atoms in total. The minimum atomic E-state index is 0.0336.